The molecular formula is C33H36N4O6. The topological polar surface area (TPSA) is 165 Å². The van der Waals surface area contributed by atoms with Crippen molar-refractivity contribution in [3.8, 4) is 0 Å². The zero-order chi connectivity index (χ0) is 31.6. The fourth-order valence-corrected chi connectivity index (χ4v) is 5.68. The van der Waals surface area contributed by atoms with Crippen molar-refractivity contribution in [2.75, 3.05) is 0 Å². The summed E-state index contributed by atoms with van der Waals surface area (Å²) in [6.07, 6.45) is 7.62. The Hall–Kier alpha value is -4.99. The highest BCUT2D eigenvalue weighted by atomic mass is 16.4. The molecule has 1 atom stereocenters. The normalized spacial score (nSPS) is 17.7. The average molecular weight is 585 g/mol. The predicted molar refractivity (Wildman–Crippen MR) is 164 cm³/mol. The highest BCUT2D eigenvalue weighted by molar-refractivity contribution is 6.32. The maximum atomic E-state index is 12.4. The SMILES string of the molecule is C=CC1=C(C)C(=O)N=C1C=c1[nH]c(=Cc2[nH]c(C[C@H]3NC(=O)C(C=C)=C3C)c(C)c2CCC(=O)O)c(CCC(=O)O)c1C. The minimum absolute atomic E-state index is 0.0722. The van der Waals surface area contributed by atoms with E-state index in [2.05, 4.69) is 33.4 Å². The second kappa shape index (κ2) is 12.5. The Bertz CT molecular complexity index is 1790. The third-order valence-corrected chi connectivity index (χ3v) is 8.25. The number of allylic oxidation sites excluding steroid dienone is 2. The van der Waals surface area contributed by atoms with Gasteiger partial charge in [-0.2, -0.15) is 0 Å². The van der Waals surface area contributed by atoms with E-state index in [0.717, 1.165) is 33.5 Å². The Labute approximate surface area is 249 Å². The molecule has 0 aromatic carbocycles. The number of nitrogens with zero attached hydrogens (tertiary/aromatic N) is 1. The summed E-state index contributed by atoms with van der Waals surface area (Å²) in [5.41, 5.74) is 7.95. The van der Waals surface area contributed by atoms with Crippen LogP contribution in [0, 0.1) is 13.8 Å². The van der Waals surface area contributed by atoms with E-state index in [1.165, 1.54) is 0 Å². The van der Waals surface area contributed by atoms with Crippen LogP contribution in [0.3, 0.4) is 0 Å². The lowest BCUT2D eigenvalue weighted by Crippen LogP contribution is -2.30. The van der Waals surface area contributed by atoms with Crippen LogP contribution in [-0.2, 0) is 38.4 Å². The second-order valence-corrected chi connectivity index (χ2v) is 10.8. The molecule has 2 aromatic heterocycles. The van der Waals surface area contributed by atoms with E-state index in [4.69, 9.17) is 0 Å². The van der Waals surface area contributed by atoms with Crippen molar-refractivity contribution in [3.05, 3.63) is 91.9 Å². The smallest absolute Gasteiger partial charge is 0.303 e. The lowest BCUT2D eigenvalue weighted by molar-refractivity contribution is -0.138. The summed E-state index contributed by atoms with van der Waals surface area (Å²) in [7, 11) is 0. The first-order valence-corrected chi connectivity index (χ1v) is 14.0. The molecule has 0 saturated carbocycles. The van der Waals surface area contributed by atoms with Crippen molar-refractivity contribution in [2.45, 2.75) is 65.8 Å². The summed E-state index contributed by atoms with van der Waals surface area (Å²) in [6, 6.07) is -0.233. The van der Waals surface area contributed by atoms with Crippen LogP contribution < -0.4 is 16.0 Å². The first-order chi connectivity index (χ1) is 20.4. The van der Waals surface area contributed by atoms with Crippen LogP contribution in [0.1, 0.15) is 60.3 Å². The summed E-state index contributed by atoms with van der Waals surface area (Å²) in [5, 5.41) is 23.2. The van der Waals surface area contributed by atoms with E-state index >= 15 is 0 Å². The van der Waals surface area contributed by atoms with Gasteiger partial charge in [0.05, 0.1) is 11.8 Å². The molecule has 10 heteroatoms. The van der Waals surface area contributed by atoms with Gasteiger partial charge in [-0.05, 0) is 80.5 Å². The van der Waals surface area contributed by atoms with Crippen LogP contribution in [0.5, 0.6) is 0 Å². The number of nitrogens with one attached hydrogen (secondary N) is 3. The van der Waals surface area contributed by atoms with Gasteiger partial charge in [0.25, 0.3) is 11.8 Å². The number of aliphatic imine (C=N–C) groups is 1. The van der Waals surface area contributed by atoms with Gasteiger partial charge in [0.2, 0.25) is 0 Å². The Morgan fingerprint density at radius 1 is 0.860 bits per heavy atom. The molecule has 0 radical (unpaired) electrons. The highest BCUT2D eigenvalue weighted by Gasteiger charge is 2.28. The van der Waals surface area contributed by atoms with E-state index in [1.54, 1.807) is 25.2 Å². The van der Waals surface area contributed by atoms with Crippen molar-refractivity contribution in [1.82, 2.24) is 15.3 Å². The Balaban J connectivity index is 1.87. The van der Waals surface area contributed by atoms with E-state index < -0.39 is 11.9 Å². The van der Waals surface area contributed by atoms with Gasteiger partial charge in [-0.15, -0.1) is 0 Å². The Morgan fingerprint density at radius 2 is 1.49 bits per heavy atom. The van der Waals surface area contributed by atoms with Crippen LogP contribution in [-0.4, -0.2) is 55.7 Å². The molecule has 2 aromatic rings. The maximum Gasteiger partial charge on any atom is 0.303 e. The molecule has 0 unspecified atom stereocenters. The van der Waals surface area contributed by atoms with E-state index in [0.29, 0.717) is 45.2 Å². The molecule has 2 aliphatic rings. The lowest BCUT2D eigenvalue weighted by Gasteiger charge is -2.12. The summed E-state index contributed by atoms with van der Waals surface area (Å²) < 4.78 is 0. The number of amides is 2. The number of aromatic amines is 2. The minimum Gasteiger partial charge on any atom is -0.481 e. The Morgan fingerprint density at radius 3 is 2.07 bits per heavy atom. The summed E-state index contributed by atoms with van der Waals surface area (Å²) in [4.78, 5) is 58.6. The Kier molecular flexibility index (Phi) is 8.99. The maximum absolute atomic E-state index is 12.4. The summed E-state index contributed by atoms with van der Waals surface area (Å²) >= 11 is 0. The average Bonchev–Trinajstić information content (AvgIpc) is 3.59. The number of carbonyl (C=O) groups excluding carboxylic acids is 2. The van der Waals surface area contributed by atoms with Gasteiger partial charge >= 0.3 is 11.9 Å². The van der Waals surface area contributed by atoms with E-state index in [-0.39, 0.29) is 43.5 Å². The molecule has 224 valence electrons. The number of carboxylic acid groups (broad SMARTS) is 2. The van der Waals surface area contributed by atoms with Crippen molar-refractivity contribution < 1.29 is 29.4 Å². The zero-order valence-corrected chi connectivity index (χ0v) is 24.8. The lowest BCUT2D eigenvalue weighted by atomic mass is 9.98. The number of carbonyl (C=O) groups is 4. The van der Waals surface area contributed by atoms with Gasteiger partial charge in [0.1, 0.15) is 0 Å². The number of hydrogen-bond acceptors (Lipinski definition) is 4. The molecule has 0 saturated heterocycles. The molecule has 4 heterocycles. The summed E-state index contributed by atoms with van der Waals surface area (Å²) in [6.45, 7) is 14.9. The number of aliphatic carboxylic acids is 2. The zero-order valence-electron chi connectivity index (χ0n) is 24.8. The molecule has 0 aliphatic carbocycles. The van der Waals surface area contributed by atoms with Gasteiger partial charge in [0, 0.05) is 58.1 Å². The molecule has 2 aliphatic heterocycles. The standard InChI is InChI=1S/C33H36N4O6/c1-7-20-19(6)32(42)37-27(20)14-25-18(5)23(10-12-31(40)41)29(35-25)15-28-22(9-11-30(38)39)17(4)24(34-28)13-26-16(3)21(8-2)33(43)36-26/h7-8,14-15,26,34-35H,1-2,9-13H2,3-6H3,(H,36,43)(H,38,39)(H,40,41)/t26-/m1/s1. The third kappa shape index (κ3) is 6.28. The molecular weight excluding hydrogens is 548 g/mol. The van der Waals surface area contributed by atoms with Crippen LogP contribution in [0.15, 0.2) is 52.6 Å². The number of rotatable bonds is 12. The van der Waals surface area contributed by atoms with Gasteiger partial charge in [0.15, 0.2) is 0 Å². The van der Waals surface area contributed by atoms with Crippen LogP contribution >= 0.6 is 0 Å². The minimum atomic E-state index is -0.934. The quantitative estimate of drug-likeness (QED) is 0.257. The first kappa shape index (κ1) is 31.0. The number of carboxylic acids is 2. The molecule has 0 spiro atoms. The van der Waals surface area contributed by atoms with Crippen LogP contribution in [0.2, 0.25) is 0 Å². The van der Waals surface area contributed by atoms with Crippen molar-refractivity contribution in [3.63, 3.8) is 0 Å². The van der Waals surface area contributed by atoms with Crippen molar-refractivity contribution in [1.29, 1.82) is 0 Å². The molecule has 4 rings (SSSR count). The first-order valence-electron chi connectivity index (χ1n) is 14.0. The van der Waals surface area contributed by atoms with Crippen molar-refractivity contribution >= 4 is 41.6 Å². The fourth-order valence-electron chi connectivity index (χ4n) is 5.68. The molecule has 10 nitrogen and oxygen atoms in total. The molecule has 2 amide bonds. The largest absolute Gasteiger partial charge is 0.481 e. The number of aromatic nitrogens is 2. The highest BCUT2D eigenvalue weighted by Crippen LogP contribution is 2.26. The molecule has 0 fully saturated rings. The second-order valence-electron chi connectivity index (χ2n) is 10.8. The van der Waals surface area contributed by atoms with E-state index in [9.17, 15) is 29.4 Å². The van der Waals surface area contributed by atoms with E-state index in [1.807, 2.05) is 26.8 Å². The van der Waals surface area contributed by atoms with Crippen LogP contribution in [0.4, 0.5) is 0 Å². The molecule has 0 bridgehead atoms. The molecule has 5 N–H and O–H groups in total. The number of H-pyrrole nitrogens is 2. The molecule has 43 heavy (non-hydrogen) atoms. The van der Waals surface area contributed by atoms with Gasteiger partial charge in [-0.25, -0.2) is 4.99 Å². The predicted octanol–water partition coefficient (Wildman–Crippen LogP) is 2.63. The number of hydrogen-bond donors (Lipinski definition) is 5. The van der Waals surface area contributed by atoms with Gasteiger partial charge in [-0.3, -0.25) is 19.2 Å². The van der Waals surface area contributed by atoms with Gasteiger partial charge < -0.3 is 25.5 Å². The van der Waals surface area contributed by atoms with Crippen molar-refractivity contribution in [2.24, 2.45) is 4.99 Å². The van der Waals surface area contributed by atoms with Crippen LogP contribution in [0.25, 0.3) is 12.2 Å². The third-order valence-electron chi connectivity index (χ3n) is 8.25. The summed E-state index contributed by atoms with van der Waals surface area (Å²) in [5.74, 6) is -2.36. The monoisotopic (exact) mass is 584 g/mol. The fraction of sp³-hybridized carbons (Fsp3) is 0.303. The van der Waals surface area contributed by atoms with Gasteiger partial charge in [-0.1, -0.05) is 25.3 Å².